The highest BCUT2D eigenvalue weighted by Crippen LogP contribution is 2.25. The second-order valence-corrected chi connectivity index (χ2v) is 4.28. The number of hydrogen-bond acceptors (Lipinski definition) is 3. The topological polar surface area (TPSA) is 36.4 Å². The fraction of sp³-hybridized carbons (Fsp3) is 0.417. The van der Waals surface area contributed by atoms with E-state index in [0.717, 1.165) is 29.5 Å². The van der Waals surface area contributed by atoms with Gasteiger partial charge < -0.3 is 10.6 Å². The van der Waals surface area contributed by atoms with Crippen LogP contribution in [0, 0.1) is 6.92 Å². The van der Waals surface area contributed by atoms with Crippen LogP contribution in [0.5, 0.6) is 0 Å². The number of nitrogens with zero attached hydrogens (tertiary/aromatic N) is 1. The lowest BCUT2D eigenvalue weighted by atomic mass is 10.0. The number of halogens is 2. The highest BCUT2D eigenvalue weighted by atomic mass is 35.5. The van der Waals surface area contributed by atoms with E-state index in [0.29, 0.717) is 0 Å². The minimum atomic E-state index is 0. The molecule has 2 rings (SSSR count). The number of likely N-dealkylation sites (N-methyl/N-ethyl adjacent to an activating group) is 1. The van der Waals surface area contributed by atoms with Gasteiger partial charge in [-0.1, -0.05) is 23.7 Å². The molecule has 1 aromatic rings. The molecule has 94 valence electrons. The van der Waals surface area contributed by atoms with E-state index in [9.17, 15) is 0 Å². The zero-order valence-corrected chi connectivity index (χ0v) is 11.5. The number of nitrogens with one attached hydrogen (secondary N) is 2. The molecule has 0 aromatic heterocycles. The molecule has 0 spiro atoms. The second-order valence-electron chi connectivity index (χ2n) is 3.87. The predicted molar refractivity (Wildman–Crippen MR) is 75.5 cm³/mol. The molecule has 1 aliphatic rings. The first-order chi connectivity index (χ1) is 7.74. The Morgan fingerprint density at radius 2 is 2.24 bits per heavy atom. The van der Waals surface area contributed by atoms with Crippen molar-refractivity contribution in [3.05, 3.63) is 34.3 Å². The molecule has 0 amide bonds. The molecule has 1 aromatic carbocycles. The summed E-state index contributed by atoms with van der Waals surface area (Å²) in [6.45, 7) is 3.82. The van der Waals surface area contributed by atoms with Crippen LogP contribution in [0.15, 0.2) is 23.2 Å². The Morgan fingerprint density at radius 1 is 1.47 bits per heavy atom. The van der Waals surface area contributed by atoms with E-state index in [2.05, 4.69) is 21.7 Å². The minimum absolute atomic E-state index is 0. The Balaban J connectivity index is 0.00000144. The van der Waals surface area contributed by atoms with Crippen LogP contribution in [-0.2, 0) is 0 Å². The third-order valence-electron chi connectivity index (χ3n) is 2.88. The first-order valence-electron chi connectivity index (χ1n) is 5.44. The van der Waals surface area contributed by atoms with Crippen molar-refractivity contribution < 1.29 is 0 Å². The number of aliphatic imine (C=N–C) groups is 1. The van der Waals surface area contributed by atoms with Gasteiger partial charge in [0.25, 0.3) is 0 Å². The van der Waals surface area contributed by atoms with Crippen molar-refractivity contribution in [3.8, 4) is 0 Å². The van der Waals surface area contributed by atoms with E-state index < -0.39 is 0 Å². The maximum atomic E-state index is 6.13. The lowest BCUT2D eigenvalue weighted by molar-refractivity contribution is 0.726. The molecule has 0 bridgehead atoms. The Kier molecular flexibility index (Phi) is 5.25. The van der Waals surface area contributed by atoms with Crippen molar-refractivity contribution in [2.24, 2.45) is 4.99 Å². The second kappa shape index (κ2) is 6.24. The summed E-state index contributed by atoms with van der Waals surface area (Å²) in [6, 6.07) is 6.09. The van der Waals surface area contributed by atoms with Crippen molar-refractivity contribution in [2.75, 3.05) is 20.1 Å². The fourth-order valence-electron chi connectivity index (χ4n) is 1.99. The molecular weight excluding hydrogens is 257 g/mol. The summed E-state index contributed by atoms with van der Waals surface area (Å²) >= 11 is 6.13. The van der Waals surface area contributed by atoms with Crippen LogP contribution in [-0.4, -0.2) is 26.0 Å². The molecule has 1 aliphatic heterocycles. The van der Waals surface area contributed by atoms with Gasteiger partial charge in [-0.3, -0.25) is 4.99 Å². The van der Waals surface area contributed by atoms with Gasteiger partial charge in [0.2, 0.25) is 0 Å². The Labute approximate surface area is 113 Å². The Morgan fingerprint density at radius 3 is 2.82 bits per heavy atom. The van der Waals surface area contributed by atoms with E-state index >= 15 is 0 Å². The monoisotopic (exact) mass is 273 g/mol. The summed E-state index contributed by atoms with van der Waals surface area (Å²) in [7, 11) is 1.94. The molecule has 3 nitrogen and oxygen atoms in total. The average molecular weight is 274 g/mol. The Hall–Kier alpha value is -0.770. The number of amidine groups is 1. The molecule has 0 aliphatic carbocycles. The maximum Gasteiger partial charge on any atom is 0.118 e. The number of benzene rings is 1. The molecule has 1 atom stereocenters. The molecule has 0 radical (unpaired) electrons. The van der Waals surface area contributed by atoms with E-state index in [4.69, 9.17) is 11.6 Å². The lowest BCUT2D eigenvalue weighted by Gasteiger charge is -2.19. The molecular formula is C12H17Cl2N3. The van der Waals surface area contributed by atoms with Crippen molar-refractivity contribution in [2.45, 2.75) is 13.0 Å². The molecule has 5 heteroatoms. The molecule has 1 heterocycles. The van der Waals surface area contributed by atoms with Gasteiger partial charge in [-0.2, -0.15) is 0 Å². The maximum absolute atomic E-state index is 6.13. The van der Waals surface area contributed by atoms with E-state index in [-0.39, 0.29) is 18.4 Å². The van der Waals surface area contributed by atoms with Gasteiger partial charge in [-0.15, -0.1) is 12.4 Å². The van der Waals surface area contributed by atoms with Crippen molar-refractivity contribution in [1.29, 1.82) is 0 Å². The van der Waals surface area contributed by atoms with Crippen LogP contribution >= 0.6 is 24.0 Å². The van der Waals surface area contributed by atoms with Gasteiger partial charge in [-0.05, 0) is 31.2 Å². The van der Waals surface area contributed by atoms with Crippen molar-refractivity contribution >= 4 is 29.8 Å². The standard InChI is InChI=1S/C12H16ClN3.ClH/c1-8-9(4-3-5-10(8)13)11(14-2)12-15-6-7-16-12;/h3-5,11,14H,6-7H2,1-2H3,(H,15,16);1H. The van der Waals surface area contributed by atoms with Gasteiger partial charge in [0.05, 0.1) is 12.6 Å². The van der Waals surface area contributed by atoms with E-state index in [1.807, 2.05) is 26.1 Å². The largest absolute Gasteiger partial charge is 0.370 e. The van der Waals surface area contributed by atoms with Crippen molar-refractivity contribution in [3.63, 3.8) is 0 Å². The van der Waals surface area contributed by atoms with Crippen LogP contribution < -0.4 is 10.6 Å². The first kappa shape index (κ1) is 14.3. The van der Waals surface area contributed by atoms with Crippen LogP contribution in [0.2, 0.25) is 5.02 Å². The van der Waals surface area contributed by atoms with Crippen LogP contribution in [0.25, 0.3) is 0 Å². The SMILES string of the molecule is CNC(C1=NCCN1)c1cccc(Cl)c1C.Cl. The summed E-state index contributed by atoms with van der Waals surface area (Å²) in [4.78, 5) is 4.45. The van der Waals surface area contributed by atoms with Gasteiger partial charge in [0.1, 0.15) is 5.84 Å². The van der Waals surface area contributed by atoms with Crippen LogP contribution in [0.4, 0.5) is 0 Å². The fourth-order valence-corrected chi connectivity index (χ4v) is 2.17. The average Bonchev–Trinajstić information content (AvgIpc) is 2.79. The quantitative estimate of drug-likeness (QED) is 0.887. The highest BCUT2D eigenvalue weighted by molar-refractivity contribution is 6.31. The summed E-state index contributed by atoms with van der Waals surface area (Å²) < 4.78 is 0. The zero-order valence-electron chi connectivity index (χ0n) is 9.96. The molecule has 0 saturated carbocycles. The summed E-state index contributed by atoms with van der Waals surface area (Å²) in [6.07, 6.45) is 0. The number of hydrogen-bond donors (Lipinski definition) is 2. The molecule has 17 heavy (non-hydrogen) atoms. The molecule has 1 unspecified atom stereocenters. The Bertz CT molecular complexity index is 418. The summed E-state index contributed by atoms with van der Waals surface area (Å²) in [5, 5.41) is 7.38. The molecule has 0 saturated heterocycles. The minimum Gasteiger partial charge on any atom is -0.370 e. The van der Waals surface area contributed by atoms with Crippen molar-refractivity contribution in [1.82, 2.24) is 10.6 Å². The predicted octanol–water partition coefficient (Wildman–Crippen LogP) is 2.33. The first-order valence-corrected chi connectivity index (χ1v) is 5.82. The molecule has 0 fully saturated rings. The normalized spacial score (nSPS) is 15.8. The van der Waals surface area contributed by atoms with Crippen LogP contribution in [0.1, 0.15) is 17.2 Å². The zero-order chi connectivity index (χ0) is 11.5. The highest BCUT2D eigenvalue weighted by Gasteiger charge is 2.20. The smallest absolute Gasteiger partial charge is 0.118 e. The van der Waals surface area contributed by atoms with Gasteiger partial charge in [-0.25, -0.2) is 0 Å². The van der Waals surface area contributed by atoms with Gasteiger partial charge >= 0.3 is 0 Å². The van der Waals surface area contributed by atoms with Gasteiger partial charge in [0, 0.05) is 11.6 Å². The molecule has 2 N–H and O–H groups in total. The third-order valence-corrected chi connectivity index (χ3v) is 3.29. The van der Waals surface area contributed by atoms with Crippen LogP contribution in [0.3, 0.4) is 0 Å². The summed E-state index contributed by atoms with van der Waals surface area (Å²) in [5.41, 5.74) is 2.29. The van der Waals surface area contributed by atoms with E-state index in [1.54, 1.807) is 0 Å². The summed E-state index contributed by atoms with van der Waals surface area (Å²) in [5.74, 6) is 1.01. The van der Waals surface area contributed by atoms with E-state index in [1.165, 1.54) is 5.56 Å². The van der Waals surface area contributed by atoms with Gasteiger partial charge in [0.15, 0.2) is 0 Å². The number of rotatable bonds is 3. The third kappa shape index (κ3) is 2.92. The lowest BCUT2D eigenvalue weighted by Crippen LogP contribution is -2.33.